The molecule has 0 spiro atoms. The second kappa shape index (κ2) is 5.06. The third kappa shape index (κ3) is 2.12. The summed E-state index contributed by atoms with van der Waals surface area (Å²) in [5.74, 6) is 0. The molecule has 0 aliphatic carbocycles. The minimum Gasteiger partial charge on any atom is -0.314 e. The first-order chi connectivity index (χ1) is 8.86. The van der Waals surface area contributed by atoms with Crippen molar-refractivity contribution in [3.05, 3.63) is 48.0 Å². The Kier molecular flexibility index (Phi) is 3.28. The van der Waals surface area contributed by atoms with Crippen LogP contribution in [0.1, 0.15) is 11.7 Å². The summed E-state index contributed by atoms with van der Waals surface area (Å²) in [6.45, 7) is 4.09. The first kappa shape index (κ1) is 11.7. The third-order valence-corrected chi connectivity index (χ3v) is 3.69. The summed E-state index contributed by atoms with van der Waals surface area (Å²) >= 11 is 0. The molecule has 3 N–H and O–H groups in total. The summed E-state index contributed by atoms with van der Waals surface area (Å²) < 4.78 is 0. The van der Waals surface area contributed by atoms with Crippen molar-refractivity contribution in [3.8, 4) is 0 Å². The van der Waals surface area contributed by atoms with Gasteiger partial charge >= 0.3 is 0 Å². The monoisotopic (exact) mass is 241 g/mol. The average Bonchev–Trinajstić information content (AvgIpc) is 2.47. The van der Waals surface area contributed by atoms with Gasteiger partial charge in [0, 0.05) is 26.2 Å². The van der Waals surface area contributed by atoms with Crippen molar-refractivity contribution in [3.63, 3.8) is 0 Å². The van der Waals surface area contributed by atoms with Crippen molar-refractivity contribution in [2.45, 2.75) is 6.17 Å². The van der Waals surface area contributed by atoms with Crippen molar-refractivity contribution in [1.82, 2.24) is 10.2 Å². The van der Waals surface area contributed by atoms with E-state index in [4.69, 9.17) is 5.73 Å². The molecule has 94 valence electrons. The van der Waals surface area contributed by atoms with Crippen LogP contribution in [0.25, 0.3) is 10.8 Å². The zero-order valence-electron chi connectivity index (χ0n) is 10.5. The second-order valence-electron chi connectivity index (χ2n) is 4.80. The molecular weight excluding hydrogens is 222 g/mol. The van der Waals surface area contributed by atoms with E-state index in [1.165, 1.54) is 16.3 Å². The van der Waals surface area contributed by atoms with Crippen LogP contribution >= 0.6 is 0 Å². The van der Waals surface area contributed by atoms with Gasteiger partial charge in [0.15, 0.2) is 0 Å². The van der Waals surface area contributed by atoms with E-state index in [-0.39, 0.29) is 6.17 Å². The quantitative estimate of drug-likeness (QED) is 0.841. The largest absolute Gasteiger partial charge is 0.314 e. The van der Waals surface area contributed by atoms with Crippen LogP contribution in [0.15, 0.2) is 42.5 Å². The van der Waals surface area contributed by atoms with Crippen LogP contribution < -0.4 is 11.1 Å². The van der Waals surface area contributed by atoms with Gasteiger partial charge in [-0.1, -0.05) is 42.5 Å². The zero-order valence-corrected chi connectivity index (χ0v) is 10.5. The van der Waals surface area contributed by atoms with Crippen LogP contribution in [-0.2, 0) is 0 Å². The number of nitrogens with zero attached hydrogens (tertiary/aromatic N) is 1. The van der Waals surface area contributed by atoms with Crippen LogP contribution in [0.4, 0.5) is 0 Å². The van der Waals surface area contributed by atoms with Crippen LogP contribution in [0.3, 0.4) is 0 Å². The molecule has 2 aromatic rings. The van der Waals surface area contributed by atoms with Gasteiger partial charge in [-0.2, -0.15) is 0 Å². The van der Waals surface area contributed by atoms with E-state index < -0.39 is 0 Å². The first-order valence-electron chi connectivity index (χ1n) is 6.54. The fourth-order valence-corrected chi connectivity index (χ4v) is 2.67. The molecule has 0 saturated carbocycles. The van der Waals surface area contributed by atoms with Crippen molar-refractivity contribution in [2.75, 3.05) is 26.2 Å². The molecule has 0 bridgehead atoms. The molecule has 3 rings (SSSR count). The second-order valence-corrected chi connectivity index (χ2v) is 4.80. The van der Waals surface area contributed by atoms with Gasteiger partial charge in [0.1, 0.15) is 0 Å². The minimum absolute atomic E-state index is 0.00167. The maximum Gasteiger partial charge on any atom is 0.0842 e. The van der Waals surface area contributed by atoms with Gasteiger partial charge in [0.25, 0.3) is 0 Å². The third-order valence-electron chi connectivity index (χ3n) is 3.69. The molecule has 1 fully saturated rings. The maximum absolute atomic E-state index is 6.43. The molecule has 3 nitrogen and oxygen atoms in total. The van der Waals surface area contributed by atoms with Crippen molar-refractivity contribution in [1.29, 1.82) is 0 Å². The molecule has 1 unspecified atom stereocenters. The molecule has 1 heterocycles. The summed E-state index contributed by atoms with van der Waals surface area (Å²) in [6, 6.07) is 14.8. The van der Waals surface area contributed by atoms with E-state index >= 15 is 0 Å². The fourth-order valence-electron chi connectivity index (χ4n) is 2.67. The molecule has 1 aliphatic heterocycles. The molecule has 0 amide bonds. The maximum atomic E-state index is 6.43. The van der Waals surface area contributed by atoms with Crippen molar-refractivity contribution >= 4 is 10.8 Å². The summed E-state index contributed by atoms with van der Waals surface area (Å²) in [7, 11) is 0. The van der Waals surface area contributed by atoms with Crippen LogP contribution in [0.2, 0.25) is 0 Å². The number of nitrogens with one attached hydrogen (secondary N) is 1. The summed E-state index contributed by atoms with van der Waals surface area (Å²) in [4.78, 5) is 2.35. The first-order valence-corrected chi connectivity index (χ1v) is 6.54. The lowest BCUT2D eigenvalue weighted by molar-refractivity contribution is 0.178. The molecule has 1 atom stereocenters. The van der Waals surface area contributed by atoms with Crippen LogP contribution in [0.5, 0.6) is 0 Å². The molecule has 0 aromatic heterocycles. The van der Waals surface area contributed by atoms with Gasteiger partial charge in [-0.3, -0.25) is 4.90 Å². The number of fused-ring (bicyclic) bond motifs is 1. The van der Waals surface area contributed by atoms with E-state index in [0.29, 0.717) is 0 Å². The lowest BCUT2D eigenvalue weighted by atomic mass is 10.0. The van der Waals surface area contributed by atoms with Crippen LogP contribution in [0, 0.1) is 0 Å². The Hall–Kier alpha value is -1.42. The number of benzene rings is 2. The normalized spacial score (nSPS) is 18.9. The number of hydrogen-bond acceptors (Lipinski definition) is 3. The van der Waals surface area contributed by atoms with Crippen LogP contribution in [-0.4, -0.2) is 31.1 Å². The summed E-state index contributed by atoms with van der Waals surface area (Å²) in [5.41, 5.74) is 7.67. The minimum atomic E-state index is -0.00167. The van der Waals surface area contributed by atoms with Gasteiger partial charge in [-0.15, -0.1) is 0 Å². The van der Waals surface area contributed by atoms with Gasteiger partial charge in [-0.25, -0.2) is 0 Å². The molecule has 1 aliphatic rings. The van der Waals surface area contributed by atoms with Gasteiger partial charge in [-0.05, 0) is 16.3 Å². The Labute approximate surface area is 108 Å². The van der Waals surface area contributed by atoms with E-state index in [2.05, 4.69) is 52.7 Å². The van der Waals surface area contributed by atoms with E-state index in [1.807, 2.05) is 0 Å². The molecule has 2 aromatic carbocycles. The predicted octanol–water partition coefficient (Wildman–Crippen LogP) is 1.70. The van der Waals surface area contributed by atoms with E-state index in [0.717, 1.165) is 26.2 Å². The standard InChI is InChI=1S/C15H19N3/c16-15(18-10-8-17-9-11-18)14-7-3-5-12-4-1-2-6-13(12)14/h1-7,15,17H,8-11,16H2. The zero-order chi connectivity index (χ0) is 12.4. The highest BCUT2D eigenvalue weighted by molar-refractivity contribution is 5.86. The SMILES string of the molecule is NC(c1cccc2ccccc12)N1CCNCC1. The molecule has 1 saturated heterocycles. The van der Waals surface area contributed by atoms with Gasteiger partial charge < -0.3 is 11.1 Å². The summed E-state index contributed by atoms with van der Waals surface area (Å²) in [6.07, 6.45) is -0.00167. The summed E-state index contributed by atoms with van der Waals surface area (Å²) in [5, 5.41) is 5.89. The lowest BCUT2D eigenvalue weighted by Gasteiger charge is -2.33. The van der Waals surface area contributed by atoms with E-state index in [1.54, 1.807) is 0 Å². The molecular formula is C15H19N3. The smallest absolute Gasteiger partial charge is 0.0842 e. The highest BCUT2D eigenvalue weighted by Crippen LogP contribution is 2.25. The highest BCUT2D eigenvalue weighted by Gasteiger charge is 2.19. The number of nitrogens with two attached hydrogens (primary N) is 1. The Morgan fingerprint density at radius 3 is 2.56 bits per heavy atom. The Balaban J connectivity index is 1.97. The average molecular weight is 241 g/mol. The van der Waals surface area contributed by atoms with Crippen molar-refractivity contribution in [2.24, 2.45) is 5.73 Å². The Morgan fingerprint density at radius 1 is 1.00 bits per heavy atom. The predicted molar refractivity (Wildman–Crippen MR) is 75.3 cm³/mol. The number of piperazine rings is 1. The number of hydrogen-bond donors (Lipinski definition) is 2. The Bertz CT molecular complexity index is 527. The topological polar surface area (TPSA) is 41.3 Å². The number of rotatable bonds is 2. The molecule has 0 radical (unpaired) electrons. The van der Waals surface area contributed by atoms with Gasteiger partial charge in [0.05, 0.1) is 6.17 Å². The molecule has 18 heavy (non-hydrogen) atoms. The molecule has 3 heteroatoms. The van der Waals surface area contributed by atoms with Gasteiger partial charge in [0.2, 0.25) is 0 Å². The Morgan fingerprint density at radius 2 is 1.72 bits per heavy atom. The highest BCUT2D eigenvalue weighted by atomic mass is 15.3. The fraction of sp³-hybridized carbons (Fsp3) is 0.333. The van der Waals surface area contributed by atoms with E-state index in [9.17, 15) is 0 Å². The van der Waals surface area contributed by atoms with Crippen molar-refractivity contribution < 1.29 is 0 Å². The lowest BCUT2D eigenvalue weighted by Crippen LogP contribution is -2.47.